The van der Waals surface area contributed by atoms with Crippen LogP contribution in [0.3, 0.4) is 0 Å². The normalized spacial score (nSPS) is 12.6. The van der Waals surface area contributed by atoms with Crippen molar-refractivity contribution >= 4 is 0 Å². The molecule has 0 aliphatic carbocycles. The highest BCUT2D eigenvalue weighted by Crippen LogP contribution is 1.73. The van der Waals surface area contributed by atoms with Crippen molar-refractivity contribution in [3.63, 3.8) is 0 Å². The van der Waals surface area contributed by atoms with Gasteiger partial charge in [0.05, 0.1) is 25.4 Å². The van der Waals surface area contributed by atoms with Gasteiger partial charge in [0.1, 0.15) is 0 Å². The van der Waals surface area contributed by atoms with E-state index in [0.29, 0.717) is 0 Å². The Labute approximate surface area is 86.5 Å². The molecule has 0 aromatic carbocycles. The van der Waals surface area contributed by atoms with Crippen LogP contribution in [0.2, 0.25) is 0 Å². The summed E-state index contributed by atoms with van der Waals surface area (Å²) in [6, 6.07) is 0. The molecule has 0 aromatic heterocycles. The number of aliphatic hydroxyl groups is 4. The molecule has 0 saturated heterocycles. The highest BCUT2D eigenvalue weighted by atomic mass is 16.3. The molecule has 0 radical (unpaired) electrons. The van der Waals surface area contributed by atoms with Gasteiger partial charge in [-0.05, 0) is 27.7 Å². The molecule has 2 atom stereocenters. The van der Waals surface area contributed by atoms with Crippen LogP contribution >= 0.6 is 0 Å². The van der Waals surface area contributed by atoms with Crippen molar-refractivity contribution in [1.29, 1.82) is 0 Å². The highest BCUT2D eigenvalue weighted by molar-refractivity contribution is 4.78. The van der Waals surface area contributed by atoms with Crippen molar-refractivity contribution in [3.05, 3.63) is 12.2 Å². The van der Waals surface area contributed by atoms with Crippen LogP contribution < -0.4 is 0 Å². The van der Waals surface area contributed by atoms with E-state index >= 15 is 0 Å². The first kappa shape index (κ1) is 19.2. The van der Waals surface area contributed by atoms with Crippen molar-refractivity contribution in [2.75, 3.05) is 13.2 Å². The Hall–Kier alpha value is -0.420. The van der Waals surface area contributed by atoms with Gasteiger partial charge >= 0.3 is 0 Å². The summed E-state index contributed by atoms with van der Waals surface area (Å²) in [5.74, 6) is 0. The Morgan fingerprint density at radius 3 is 1.07 bits per heavy atom. The molecule has 2 unspecified atom stereocenters. The SMILES string of the molecule is C=C(C)C.CC(O)CO.CC(O)CO. The van der Waals surface area contributed by atoms with Crippen molar-refractivity contribution < 1.29 is 20.4 Å². The van der Waals surface area contributed by atoms with Crippen LogP contribution in [0.25, 0.3) is 0 Å². The maximum atomic E-state index is 8.11. The van der Waals surface area contributed by atoms with E-state index in [0.717, 1.165) is 0 Å². The van der Waals surface area contributed by atoms with Crippen LogP contribution in [0, 0.1) is 0 Å². The number of hydrogen-bond donors (Lipinski definition) is 4. The Bertz CT molecular complexity index is 98.7. The van der Waals surface area contributed by atoms with E-state index < -0.39 is 12.2 Å². The predicted octanol–water partition coefficient (Wildman–Crippen LogP) is 0.301. The van der Waals surface area contributed by atoms with Crippen molar-refractivity contribution in [1.82, 2.24) is 0 Å². The fourth-order valence-electron chi connectivity index (χ4n) is 0. The summed E-state index contributed by atoms with van der Waals surface area (Å²) in [6.07, 6.45) is -1.12. The summed E-state index contributed by atoms with van der Waals surface area (Å²) >= 11 is 0. The molecule has 0 spiro atoms. The lowest BCUT2D eigenvalue weighted by Crippen LogP contribution is -2.03. The minimum Gasteiger partial charge on any atom is -0.394 e. The van der Waals surface area contributed by atoms with Crippen LogP contribution in [0.5, 0.6) is 0 Å². The quantitative estimate of drug-likeness (QED) is 0.492. The summed E-state index contributed by atoms with van der Waals surface area (Å²) in [6.45, 7) is 10.3. The first-order valence-corrected chi connectivity index (χ1v) is 4.47. The van der Waals surface area contributed by atoms with Crippen LogP contribution in [0.15, 0.2) is 12.2 Å². The molecule has 88 valence electrons. The third-order valence-corrected chi connectivity index (χ3v) is 0.528. The third kappa shape index (κ3) is 101. The molecule has 0 heterocycles. The second-order valence-corrected chi connectivity index (χ2v) is 3.27. The molecular weight excluding hydrogens is 184 g/mol. The summed E-state index contributed by atoms with van der Waals surface area (Å²) in [7, 11) is 0. The number of aliphatic hydroxyl groups excluding tert-OH is 4. The fraction of sp³-hybridized carbons (Fsp3) is 0.800. The molecule has 0 aliphatic heterocycles. The minimum absolute atomic E-state index is 0.139. The number of rotatable bonds is 2. The molecule has 4 nitrogen and oxygen atoms in total. The van der Waals surface area contributed by atoms with Gasteiger partial charge in [-0.2, -0.15) is 0 Å². The first-order valence-electron chi connectivity index (χ1n) is 4.47. The van der Waals surface area contributed by atoms with Gasteiger partial charge in [0.25, 0.3) is 0 Å². The average molecular weight is 208 g/mol. The second-order valence-electron chi connectivity index (χ2n) is 3.27. The van der Waals surface area contributed by atoms with Gasteiger partial charge in [0, 0.05) is 0 Å². The van der Waals surface area contributed by atoms with E-state index in [1.165, 1.54) is 19.4 Å². The molecule has 4 heteroatoms. The van der Waals surface area contributed by atoms with E-state index in [4.69, 9.17) is 20.4 Å². The molecule has 14 heavy (non-hydrogen) atoms. The molecule has 0 aromatic rings. The highest BCUT2D eigenvalue weighted by Gasteiger charge is 1.83. The summed E-state index contributed by atoms with van der Waals surface area (Å²) in [5.41, 5.74) is 1.17. The minimum atomic E-state index is -0.560. The zero-order valence-corrected chi connectivity index (χ0v) is 9.56. The lowest BCUT2D eigenvalue weighted by Gasteiger charge is -1.90. The van der Waals surface area contributed by atoms with Crippen LogP contribution in [-0.4, -0.2) is 45.8 Å². The Morgan fingerprint density at radius 2 is 1.07 bits per heavy atom. The van der Waals surface area contributed by atoms with E-state index in [1.54, 1.807) is 0 Å². The smallest absolute Gasteiger partial charge is 0.0742 e. The first-order chi connectivity index (χ1) is 6.27. The molecule has 0 saturated carbocycles. The van der Waals surface area contributed by atoms with Gasteiger partial charge in [-0.1, -0.05) is 5.57 Å². The summed E-state index contributed by atoms with van der Waals surface area (Å²) in [5, 5.41) is 32.0. The fourth-order valence-corrected chi connectivity index (χ4v) is 0. The van der Waals surface area contributed by atoms with Crippen LogP contribution in [-0.2, 0) is 0 Å². The zero-order valence-electron chi connectivity index (χ0n) is 9.56. The van der Waals surface area contributed by atoms with Crippen LogP contribution in [0.4, 0.5) is 0 Å². The Kier molecular flexibility index (Phi) is 20.7. The number of allylic oxidation sites excluding steroid dienone is 1. The lowest BCUT2D eigenvalue weighted by molar-refractivity contribution is 0.110. The maximum absolute atomic E-state index is 8.11. The van der Waals surface area contributed by atoms with Gasteiger partial charge in [-0.3, -0.25) is 0 Å². The third-order valence-electron chi connectivity index (χ3n) is 0.528. The number of hydrogen-bond acceptors (Lipinski definition) is 4. The van der Waals surface area contributed by atoms with Crippen molar-refractivity contribution in [3.8, 4) is 0 Å². The average Bonchev–Trinajstić information content (AvgIpc) is 2.04. The standard InChI is InChI=1S/C4H8.2C3H8O2/c1-4(2)3;2*1-3(5)2-4/h1H2,2-3H3;2*3-5H,2H2,1H3. The Balaban J connectivity index is -0.000000131. The summed E-state index contributed by atoms with van der Waals surface area (Å²) < 4.78 is 0. The summed E-state index contributed by atoms with van der Waals surface area (Å²) in [4.78, 5) is 0. The molecular formula is C10H24O4. The topological polar surface area (TPSA) is 80.9 Å². The maximum Gasteiger partial charge on any atom is 0.0742 e. The van der Waals surface area contributed by atoms with E-state index in [-0.39, 0.29) is 13.2 Å². The van der Waals surface area contributed by atoms with Gasteiger partial charge in [-0.15, -0.1) is 6.58 Å². The predicted molar refractivity (Wildman–Crippen MR) is 58.0 cm³/mol. The molecule has 0 amide bonds. The van der Waals surface area contributed by atoms with Gasteiger partial charge in [-0.25, -0.2) is 0 Å². The molecule has 4 N–H and O–H groups in total. The molecule has 0 aliphatic rings. The van der Waals surface area contributed by atoms with E-state index in [1.807, 2.05) is 13.8 Å². The van der Waals surface area contributed by atoms with Gasteiger partial charge in [0.2, 0.25) is 0 Å². The zero-order chi connectivity index (χ0) is 12.1. The van der Waals surface area contributed by atoms with E-state index in [2.05, 4.69) is 6.58 Å². The Morgan fingerprint density at radius 1 is 1.00 bits per heavy atom. The van der Waals surface area contributed by atoms with E-state index in [9.17, 15) is 0 Å². The second kappa shape index (κ2) is 15.1. The van der Waals surface area contributed by atoms with Crippen molar-refractivity contribution in [2.45, 2.75) is 39.9 Å². The molecule has 0 rings (SSSR count). The van der Waals surface area contributed by atoms with Gasteiger partial charge < -0.3 is 20.4 Å². The van der Waals surface area contributed by atoms with Gasteiger partial charge in [0.15, 0.2) is 0 Å². The monoisotopic (exact) mass is 208 g/mol. The largest absolute Gasteiger partial charge is 0.394 e. The lowest BCUT2D eigenvalue weighted by atomic mass is 10.4. The van der Waals surface area contributed by atoms with Crippen LogP contribution in [0.1, 0.15) is 27.7 Å². The van der Waals surface area contributed by atoms with Crippen molar-refractivity contribution in [2.24, 2.45) is 0 Å². The molecule has 0 fully saturated rings. The molecule has 0 bridgehead atoms.